The highest BCUT2D eigenvalue weighted by Gasteiger charge is 2.14. The first-order valence-corrected chi connectivity index (χ1v) is 7.86. The number of rotatable bonds is 6. The van der Waals surface area contributed by atoms with Gasteiger partial charge in [0.25, 0.3) is 5.91 Å². The number of halogens is 1. The van der Waals surface area contributed by atoms with Crippen molar-refractivity contribution in [2.75, 3.05) is 26.2 Å². The molecule has 2 heterocycles. The predicted molar refractivity (Wildman–Crippen MR) is 80.4 cm³/mol. The molecule has 0 unspecified atom stereocenters. The lowest BCUT2D eigenvalue weighted by Crippen LogP contribution is -2.34. The van der Waals surface area contributed by atoms with Gasteiger partial charge >= 0.3 is 0 Å². The first-order chi connectivity index (χ1) is 9.20. The molecule has 0 aliphatic carbocycles. The van der Waals surface area contributed by atoms with Gasteiger partial charge in [-0.2, -0.15) is 0 Å². The van der Waals surface area contributed by atoms with Gasteiger partial charge in [-0.05, 0) is 54.3 Å². The second-order valence-electron chi connectivity index (χ2n) is 5.04. The van der Waals surface area contributed by atoms with E-state index < -0.39 is 0 Å². The molecule has 0 spiro atoms. The number of likely N-dealkylation sites (tertiary alicyclic amines) is 1. The number of nitrogens with zero attached hydrogens (tertiary/aromatic N) is 2. The molecule has 0 saturated carbocycles. The van der Waals surface area contributed by atoms with Crippen LogP contribution in [0.1, 0.15) is 36.7 Å². The SMILES string of the molecule is CCCn1cc(Br)cc1C(=O)NCCN1CCCC1. The van der Waals surface area contributed by atoms with Gasteiger partial charge in [0.05, 0.1) is 0 Å². The van der Waals surface area contributed by atoms with Crippen LogP contribution in [0.25, 0.3) is 0 Å². The van der Waals surface area contributed by atoms with Crippen molar-refractivity contribution in [3.05, 3.63) is 22.4 Å². The van der Waals surface area contributed by atoms with Crippen LogP contribution in [0.5, 0.6) is 0 Å². The van der Waals surface area contributed by atoms with Gasteiger partial charge in [-0.25, -0.2) is 0 Å². The molecule has 0 atom stereocenters. The lowest BCUT2D eigenvalue weighted by atomic mass is 10.3. The minimum atomic E-state index is 0.0262. The van der Waals surface area contributed by atoms with Gasteiger partial charge in [-0.1, -0.05) is 6.92 Å². The van der Waals surface area contributed by atoms with Crippen molar-refractivity contribution in [1.82, 2.24) is 14.8 Å². The summed E-state index contributed by atoms with van der Waals surface area (Å²) in [6.45, 7) is 7.03. The molecular formula is C14H22BrN3O. The molecule has 2 rings (SSSR count). The third-order valence-electron chi connectivity index (χ3n) is 3.47. The number of carbonyl (C=O) groups excluding carboxylic acids is 1. The molecule has 5 heteroatoms. The van der Waals surface area contributed by atoms with Crippen LogP contribution in [-0.2, 0) is 6.54 Å². The molecule has 0 aromatic carbocycles. The van der Waals surface area contributed by atoms with E-state index in [1.54, 1.807) is 0 Å². The number of hydrogen-bond donors (Lipinski definition) is 1. The average molecular weight is 328 g/mol. The Morgan fingerprint density at radius 1 is 1.37 bits per heavy atom. The second kappa shape index (κ2) is 7.10. The Balaban J connectivity index is 1.84. The van der Waals surface area contributed by atoms with Gasteiger partial charge in [0.15, 0.2) is 0 Å². The molecule has 4 nitrogen and oxygen atoms in total. The zero-order chi connectivity index (χ0) is 13.7. The fraction of sp³-hybridized carbons (Fsp3) is 0.643. The monoisotopic (exact) mass is 327 g/mol. The number of amides is 1. The molecule has 1 aromatic rings. The van der Waals surface area contributed by atoms with E-state index in [0.717, 1.165) is 36.2 Å². The van der Waals surface area contributed by atoms with Crippen molar-refractivity contribution >= 4 is 21.8 Å². The molecule has 0 bridgehead atoms. The maximum absolute atomic E-state index is 12.2. The fourth-order valence-corrected chi connectivity index (χ4v) is 2.98. The summed E-state index contributed by atoms with van der Waals surface area (Å²) in [6.07, 6.45) is 5.58. The highest BCUT2D eigenvalue weighted by Crippen LogP contribution is 2.15. The molecule has 1 aliphatic heterocycles. The zero-order valence-corrected chi connectivity index (χ0v) is 13.1. The number of aryl methyl sites for hydroxylation is 1. The lowest BCUT2D eigenvalue weighted by molar-refractivity contribution is 0.0940. The molecule has 1 fully saturated rings. The van der Waals surface area contributed by atoms with Gasteiger partial charge in [0.1, 0.15) is 5.69 Å². The number of hydrogen-bond acceptors (Lipinski definition) is 2. The van der Waals surface area contributed by atoms with Crippen molar-refractivity contribution in [3.8, 4) is 0 Å². The Labute approximate surface area is 123 Å². The van der Waals surface area contributed by atoms with Crippen LogP contribution < -0.4 is 5.32 Å². The molecule has 1 amide bonds. The maximum Gasteiger partial charge on any atom is 0.267 e. The van der Waals surface area contributed by atoms with E-state index in [0.29, 0.717) is 0 Å². The smallest absolute Gasteiger partial charge is 0.267 e. The van der Waals surface area contributed by atoms with Gasteiger partial charge in [0.2, 0.25) is 0 Å². The van der Waals surface area contributed by atoms with Gasteiger partial charge in [0, 0.05) is 30.3 Å². The van der Waals surface area contributed by atoms with Gasteiger partial charge < -0.3 is 14.8 Å². The molecule has 1 aliphatic rings. The molecule has 19 heavy (non-hydrogen) atoms. The quantitative estimate of drug-likeness (QED) is 0.871. The molecule has 1 N–H and O–H groups in total. The summed E-state index contributed by atoms with van der Waals surface area (Å²) in [7, 11) is 0. The van der Waals surface area contributed by atoms with Crippen LogP contribution >= 0.6 is 15.9 Å². The standard InChI is InChI=1S/C14H22BrN3O/c1-2-6-18-11-12(15)10-13(18)14(19)16-5-9-17-7-3-4-8-17/h10-11H,2-9H2,1H3,(H,16,19). The van der Waals surface area contributed by atoms with Crippen molar-refractivity contribution in [1.29, 1.82) is 0 Å². The van der Waals surface area contributed by atoms with Crippen LogP contribution in [-0.4, -0.2) is 41.6 Å². The Kier molecular flexibility index (Phi) is 5.45. The summed E-state index contributed by atoms with van der Waals surface area (Å²) in [6, 6.07) is 1.89. The van der Waals surface area contributed by atoms with Gasteiger partial charge in [-0.3, -0.25) is 4.79 Å². The Hall–Kier alpha value is -0.810. The van der Waals surface area contributed by atoms with E-state index in [9.17, 15) is 4.79 Å². The molecule has 1 saturated heterocycles. The van der Waals surface area contributed by atoms with Crippen molar-refractivity contribution in [2.24, 2.45) is 0 Å². The van der Waals surface area contributed by atoms with E-state index >= 15 is 0 Å². The minimum Gasteiger partial charge on any atom is -0.349 e. The Morgan fingerprint density at radius 3 is 2.79 bits per heavy atom. The summed E-state index contributed by atoms with van der Waals surface area (Å²) >= 11 is 3.43. The lowest BCUT2D eigenvalue weighted by Gasteiger charge is -2.15. The first-order valence-electron chi connectivity index (χ1n) is 7.07. The summed E-state index contributed by atoms with van der Waals surface area (Å²) < 4.78 is 2.97. The summed E-state index contributed by atoms with van der Waals surface area (Å²) in [5, 5.41) is 3.02. The Bertz CT molecular complexity index is 424. The van der Waals surface area contributed by atoms with Crippen molar-refractivity contribution < 1.29 is 4.79 Å². The van der Waals surface area contributed by atoms with E-state index in [4.69, 9.17) is 0 Å². The normalized spacial score (nSPS) is 15.9. The number of nitrogens with one attached hydrogen (secondary N) is 1. The fourth-order valence-electron chi connectivity index (χ4n) is 2.52. The highest BCUT2D eigenvalue weighted by atomic mass is 79.9. The minimum absolute atomic E-state index is 0.0262. The Morgan fingerprint density at radius 2 is 2.11 bits per heavy atom. The van der Waals surface area contributed by atoms with Crippen LogP contribution in [0, 0.1) is 0 Å². The van der Waals surface area contributed by atoms with E-state index in [2.05, 4.69) is 33.1 Å². The highest BCUT2D eigenvalue weighted by molar-refractivity contribution is 9.10. The van der Waals surface area contributed by atoms with E-state index in [1.807, 2.05) is 16.8 Å². The van der Waals surface area contributed by atoms with Crippen molar-refractivity contribution in [2.45, 2.75) is 32.7 Å². The third-order valence-corrected chi connectivity index (χ3v) is 3.91. The molecular weight excluding hydrogens is 306 g/mol. The van der Waals surface area contributed by atoms with Gasteiger partial charge in [-0.15, -0.1) is 0 Å². The van der Waals surface area contributed by atoms with Crippen molar-refractivity contribution in [3.63, 3.8) is 0 Å². The number of carbonyl (C=O) groups is 1. The third kappa shape index (κ3) is 4.08. The largest absolute Gasteiger partial charge is 0.349 e. The first kappa shape index (κ1) is 14.6. The molecule has 1 aromatic heterocycles. The van der Waals surface area contributed by atoms with Crippen LogP contribution in [0.2, 0.25) is 0 Å². The summed E-state index contributed by atoms with van der Waals surface area (Å²) in [4.78, 5) is 14.6. The maximum atomic E-state index is 12.2. The molecule has 0 radical (unpaired) electrons. The average Bonchev–Trinajstić information content (AvgIpc) is 2.99. The second-order valence-corrected chi connectivity index (χ2v) is 5.96. The zero-order valence-electron chi connectivity index (χ0n) is 11.5. The summed E-state index contributed by atoms with van der Waals surface area (Å²) in [5.74, 6) is 0.0262. The van der Waals surface area contributed by atoms with Crippen LogP contribution in [0.15, 0.2) is 16.7 Å². The molecule has 106 valence electrons. The van der Waals surface area contributed by atoms with E-state index in [-0.39, 0.29) is 5.91 Å². The topological polar surface area (TPSA) is 37.3 Å². The van der Waals surface area contributed by atoms with Crippen LogP contribution in [0.4, 0.5) is 0 Å². The van der Waals surface area contributed by atoms with E-state index in [1.165, 1.54) is 25.9 Å². The number of aromatic nitrogens is 1. The summed E-state index contributed by atoms with van der Waals surface area (Å²) in [5.41, 5.74) is 0.746. The predicted octanol–water partition coefficient (Wildman–Crippen LogP) is 2.49. The van der Waals surface area contributed by atoms with Crippen LogP contribution in [0.3, 0.4) is 0 Å².